The summed E-state index contributed by atoms with van der Waals surface area (Å²) in [6.07, 6.45) is 4.12. The molecule has 2 fully saturated rings. The third-order valence-corrected chi connectivity index (χ3v) is 4.69. The van der Waals surface area contributed by atoms with Crippen LogP contribution in [0.1, 0.15) is 46.0 Å². The van der Waals surface area contributed by atoms with E-state index >= 15 is 0 Å². The van der Waals surface area contributed by atoms with Gasteiger partial charge in [0.2, 0.25) is 0 Å². The summed E-state index contributed by atoms with van der Waals surface area (Å²) in [4.78, 5) is 0. The van der Waals surface area contributed by atoms with Crippen molar-refractivity contribution in [2.45, 2.75) is 57.7 Å². The minimum absolute atomic E-state index is 0.208. The molecule has 2 rings (SSSR count). The van der Waals surface area contributed by atoms with Crippen LogP contribution in [0, 0.1) is 22.7 Å². The van der Waals surface area contributed by atoms with Crippen molar-refractivity contribution in [1.29, 1.82) is 5.26 Å². The molecule has 3 heteroatoms. The number of nitriles is 1. The second-order valence-electron chi connectivity index (χ2n) is 5.56. The van der Waals surface area contributed by atoms with Crippen LogP contribution in [0.5, 0.6) is 0 Å². The zero-order valence-electron chi connectivity index (χ0n) is 10.2. The van der Waals surface area contributed by atoms with E-state index in [0.717, 1.165) is 25.7 Å². The van der Waals surface area contributed by atoms with Crippen LogP contribution < -0.4 is 0 Å². The first-order chi connectivity index (χ1) is 7.54. The van der Waals surface area contributed by atoms with E-state index in [1.165, 1.54) is 0 Å². The molecular weight excluding hydrogens is 202 g/mol. The Hall–Kier alpha value is -0.590. The fourth-order valence-corrected chi connectivity index (χ4v) is 3.26. The number of ether oxygens (including phenoxy) is 1. The standard InChI is InChI=1S/C13H21NO2/c1-10-3-5-12(9-14,6-4-10)13(15)7-8-16-11(13)2/h10-11,15H,3-8H2,1-2H3. The zero-order chi connectivity index (χ0) is 11.8. The summed E-state index contributed by atoms with van der Waals surface area (Å²) in [5.41, 5.74) is -1.50. The van der Waals surface area contributed by atoms with E-state index in [0.29, 0.717) is 18.9 Å². The molecule has 2 aliphatic rings. The molecule has 2 atom stereocenters. The van der Waals surface area contributed by atoms with Gasteiger partial charge in [0, 0.05) is 13.0 Å². The molecule has 3 nitrogen and oxygen atoms in total. The third-order valence-electron chi connectivity index (χ3n) is 4.69. The normalized spacial score (nSPS) is 48.9. The second-order valence-corrected chi connectivity index (χ2v) is 5.56. The van der Waals surface area contributed by atoms with Gasteiger partial charge >= 0.3 is 0 Å². The van der Waals surface area contributed by atoms with Gasteiger partial charge in [-0.05, 0) is 38.5 Å². The van der Waals surface area contributed by atoms with Gasteiger partial charge < -0.3 is 9.84 Å². The minimum Gasteiger partial charge on any atom is -0.385 e. The highest BCUT2D eigenvalue weighted by Crippen LogP contribution is 2.51. The first-order valence-corrected chi connectivity index (χ1v) is 6.29. The molecule has 1 aliphatic carbocycles. The highest BCUT2D eigenvalue weighted by Gasteiger charge is 2.57. The Morgan fingerprint density at radius 1 is 1.25 bits per heavy atom. The highest BCUT2D eigenvalue weighted by atomic mass is 16.5. The lowest BCUT2D eigenvalue weighted by molar-refractivity contribution is -0.113. The Labute approximate surface area is 97.4 Å². The van der Waals surface area contributed by atoms with Crippen molar-refractivity contribution in [2.24, 2.45) is 11.3 Å². The summed E-state index contributed by atoms with van der Waals surface area (Å²) >= 11 is 0. The molecule has 1 saturated heterocycles. The molecule has 0 aromatic carbocycles. The van der Waals surface area contributed by atoms with Crippen molar-refractivity contribution in [3.05, 3.63) is 0 Å². The Balaban J connectivity index is 2.25. The molecular formula is C13H21NO2. The van der Waals surface area contributed by atoms with Crippen LogP contribution in [0.2, 0.25) is 0 Å². The van der Waals surface area contributed by atoms with Gasteiger partial charge in [0.15, 0.2) is 0 Å². The van der Waals surface area contributed by atoms with Crippen molar-refractivity contribution < 1.29 is 9.84 Å². The SMILES string of the molecule is CC1CCC(C#N)(C2(O)CCOC2C)CC1. The lowest BCUT2D eigenvalue weighted by atomic mass is 9.60. The van der Waals surface area contributed by atoms with E-state index < -0.39 is 11.0 Å². The molecule has 0 aromatic rings. The van der Waals surface area contributed by atoms with Crippen molar-refractivity contribution >= 4 is 0 Å². The Kier molecular flexibility index (Phi) is 2.98. The zero-order valence-corrected chi connectivity index (χ0v) is 10.2. The average Bonchev–Trinajstić information content (AvgIpc) is 2.62. The van der Waals surface area contributed by atoms with Crippen molar-refractivity contribution in [2.75, 3.05) is 6.61 Å². The van der Waals surface area contributed by atoms with Gasteiger partial charge in [-0.15, -0.1) is 0 Å². The molecule has 1 aliphatic heterocycles. The molecule has 90 valence electrons. The van der Waals surface area contributed by atoms with Crippen molar-refractivity contribution in [3.8, 4) is 6.07 Å². The van der Waals surface area contributed by atoms with Gasteiger partial charge in [0.25, 0.3) is 0 Å². The van der Waals surface area contributed by atoms with Gasteiger partial charge in [-0.25, -0.2) is 0 Å². The number of hydrogen-bond acceptors (Lipinski definition) is 3. The fraction of sp³-hybridized carbons (Fsp3) is 0.923. The molecule has 16 heavy (non-hydrogen) atoms. The molecule has 0 aromatic heterocycles. The second kappa shape index (κ2) is 4.01. The van der Waals surface area contributed by atoms with Gasteiger partial charge in [0.1, 0.15) is 5.60 Å². The van der Waals surface area contributed by atoms with Crippen LogP contribution in [-0.4, -0.2) is 23.4 Å². The third kappa shape index (κ3) is 1.56. The van der Waals surface area contributed by atoms with Crippen LogP contribution in [0.15, 0.2) is 0 Å². The quantitative estimate of drug-likeness (QED) is 0.741. The molecule has 0 amide bonds. The lowest BCUT2D eigenvalue weighted by Gasteiger charge is -2.45. The highest BCUT2D eigenvalue weighted by molar-refractivity contribution is 5.16. The summed E-state index contributed by atoms with van der Waals surface area (Å²) < 4.78 is 5.47. The van der Waals surface area contributed by atoms with Crippen LogP contribution >= 0.6 is 0 Å². The number of hydrogen-bond donors (Lipinski definition) is 1. The van der Waals surface area contributed by atoms with Gasteiger partial charge in [0.05, 0.1) is 17.6 Å². The Morgan fingerprint density at radius 2 is 1.88 bits per heavy atom. The lowest BCUT2D eigenvalue weighted by Crippen LogP contribution is -2.53. The molecule has 0 radical (unpaired) electrons. The minimum atomic E-state index is -0.929. The summed E-state index contributed by atoms with van der Waals surface area (Å²) in [6, 6.07) is 2.42. The predicted octanol–water partition coefficient (Wildman–Crippen LogP) is 2.25. The van der Waals surface area contributed by atoms with Gasteiger partial charge in [-0.2, -0.15) is 5.26 Å². The maximum absolute atomic E-state index is 10.8. The molecule has 0 bridgehead atoms. The summed E-state index contributed by atoms with van der Waals surface area (Å²) in [6.45, 7) is 4.70. The molecule has 1 N–H and O–H groups in total. The number of nitrogens with zero attached hydrogens (tertiary/aromatic N) is 1. The Bertz CT molecular complexity index is 302. The average molecular weight is 223 g/mol. The van der Waals surface area contributed by atoms with Crippen LogP contribution in [0.4, 0.5) is 0 Å². The Morgan fingerprint density at radius 3 is 2.31 bits per heavy atom. The monoisotopic (exact) mass is 223 g/mol. The molecule has 0 spiro atoms. The van der Waals surface area contributed by atoms with Crippen molar-refractivity contribution in [1.82, 2.24) is 0 Å². The first kappa shape index (κ1) is 11.9. The fourth-order valence-electron chi connectivity index (χ4n) is 3.26. The van der Waals surface area contributed by atoms with Gasteiger partial charge in [-0.1, -0.05) is 6.92 Å². The summed E-state index contributed by atoms with van der Waals surface area (Å²) in [7, 11) is 0. The van der Waals surface area contributed by atoms with E-state index in [1.54, 1.807) is 0 Å². The first-order valence-electron chi connectivity index (χ1n) is 6.29. The number of rotatable bonds is 1. The smallest absolute Gasteiger partial charge is 0.111 e. The van der Waals surface area contributed by atoms with E-state index in [4.69, 9.17) is 4.74 Å². The van der Waals surface area contributed by atoms with Crippen LogP contribution in [0.3, 0.4) is 0 Å². The van der Waals surface area contributed by atoms with E-state index in [9.17, 15) is 10.4 Å². The molecule has 1 heterocycles. The van der Waals surface area contributed by atoms with Gasteiger partial charge in [-0.3, -0.25) is 0 Å². The van der Waals surface area contributed by atoms with E-state index in [-0.39, 0.29) is 6.10 Å². The van der Waals surface area contributed by atoms with Crippen LogP contribution in [-0.2, 0) is 4.74 Å². The molecule has 1 saturated carbocycles. The predicted molar refractivity (Wildman–Crippen MR) is 60.7 cm³/mol. The maximum Gasteiger partial charge on any atom is 0.111 e. The maximum atomic E-state index is 10.8. The summed E-state index contributed by atoms with van der Waals surface area (Å²) in [5, 5.41) is 20.3. The summed E-state index contributed by atoms with van der Waals surface area (Å²) in [5.74, 6) is 0.683. The van der Waals surface area contributed by atoms with Crippen molar-refractivity contribution in [3.63, 3.8) is 0 Å². The number of aliphatic hydroxyl groups is 1. The van der Waals surface area contributed by atoms with E-state index in [2.05, 4.69) is 13.0 Å². The van der Waals surface area contributed by atoms with Crippen LogP contribution in [0.25, 0.3) is 0 Å². The topological polar surface area (TPSA) is 53.2 Å². The molecule has 2 unspecified atom stereocenters. The van der Waals surface area contributed by atoms with E-state index in [1.807, 2.05) is 6.92 Å². The largest absolute Gasteiger partial charge is 0.385 e.